The van der Waals surface area contributed by atoms with E-state index in [0.717, 1.165) is 29.9 Å². The van der Waals surface area contributed by atoms with Gasteiger partial charge in [0.25, 0.3) is 0 Å². The number of carbonyl (C=O) groups is 1. The lowest BCUT2D eigenvalue weighted by molar-refractivity contribution is -0.125. The van der Waals surface area contributed by atoms with E-state index in [1.165, 1.54) is 0 Å². The van der Waals surface area contributed by atoms with Crippen LogP contribution in [0.1, 0.15) is 18.4 Å². The number of hydrogen-bond donors (Lipinski definition) is 0. The molecule has 0 N–H and O–H groups in total. The number of carbonyl (C=O) groups excluding carboxylic acids is 1. The van der Waals surface area contributed by atoms with Crippen molar-refractivity contribution in [3.05, 3.63) is 23.8 Å². The van der Waals surface area contributed by atoms with E-state index in [-0.39, 0.29) is 25.1 Å². The Labute approximate surface area is 99.5 Å². The van der Waals surface area contributed by atoms with Crippen LogP contribution in [0.3, 0.4) is 0 Å². The van der Waals surface area contributed by atoms with Gasteiger partial charge in [-0.25, -0.2) is 0 Å². The molecular formula is C13H14O4. The minimum atomic E-state index is 0.221. The maximum atomic E-state index is 11.4. The molecule has 0 aromatic heterocycles. The molecular weight excluding hydrogens is 220 g/mol. The molecule has 1 aromatic rings. The van der Waals surface area contributed by atoms with E-state index in [2.05, 4.69) is 0 Å². The van der Waals surface area contributed by atoms with E-state index in [4.69, 9.17) is 14.2 Å². The Balaban J connectivity index is 1.52. The van der Waals surface area contributed by atoms with Gasteiger partial charge in [0.1, 0.15) is 6.61 Å². The van der Waals surface area contributed by atoms with Gasteiger partial charge in [0.05, 0.1) is 6.61 Å². The average Bonchev–Trinajstić information content (AvgIpc) is 3.08. The Morgan fingerprint density at radius 2 is 2.12 bits per heavy atom. The molecule has 3 rings (SSSR count). The van der Waals surface area contributed by atoms with Crippen molar-refractivity contribution >= 4 is 5.78 Å². The summed E-state index contributed by atoms with van der Waals surface area (Å²) in [7, 11) is 0. The molecule has 1 heterocycles. The van der Waals surface area contributed by atoms with Crippen molar-refractivity contribution in [2.75, 3.05) is 13.4 Å². The van der Waals surface area contributed by atoms with Gasteiger partial charge in [-0.15, -0.1) is 0 Å². The summed E-state index contributed by atoms with van der Waals surface area (Å²) < 4.78 is 15.9. The zero-order chi connectivity index (χ0) is 11.7. The van der Waals surface area contributed by atoms with Crippen LogP contribution in [-0.2, 0) is 16.1 Å². The predicted molar refractivity (Wildman–Crippen MR) is 60.0 cm³/mol. The van der Waals surface area contributed by atoms with Crippen molar-refractivity contribution in [1.29, 1.82) is 0 Å². The third kappa shape index (κ3) is 2.42. The molecule has 0 radical (unpaired) electrons. The van der Waals surface area contributed by atoms with Crippen molar-refractivity contribution in [3.63, 3.8) is 0 Å². The first-order chi connectivity index (χ1) is 8.33. The van der Waals surface area contributed by atoms with Crippen LogP contribution in [0.25, 0.3) is 0 Å². The van der Waals surface area contributed by atoms with Gasteiger partial charge in [-0.3, -0.25) is 4.79 Å². The molecule has 4 nitrogen and oxygen atoms in total. The number of ketones is 1. The lowest BCUT2D eigenvalue weighted by Crippen LogP contribution is -2.10. The van der Waals surface area contributed by atoms with Crippen LogP contribution in [0.4, 0.5) is 0 Å². The fourth-order valence-electron chi connectivity index (χ4n) is 1.82. The summed E-state index contributed by atoms with van der Waals surface area (Å²) >= 11 is 0. The number of hydrogen-bond acceptors (Lipinski definition) is 4. The van der Waals surface area contributed by atoms with E-state index < -0.39 is 0 Å². The molecule has 4 heteroatoms. The lowest BCUT2D eigenvalue weighted by Gasteiger charge is -2.04. The second-order valence-electron chi connectivity index (χ2n) is 4.42. The first-order valence-electron chi connectivity index (χ1n) is 5.82. The van der Waals surface area contributed by atoms with Gasteiger partial charge in [0.2, 0.25) is 6.79 Å². The molecule has 17 heavy (non-hydrogen) atoms. The van der Waals surface area contributed by atoms with Crippen LogP contribution in [0.5, 0.6) is 11.5 Å². The van der Waals surface area contributed by atoms with Gasteiger partial charge >= 0.3 is 0 Å². The maximum Gasteiger partial charge on any atom is 0.231 e. The predicted octanol–water partition coefficient (Wildman–Crippen LogP) is 1.91. The molecule has 0 saturated heterocycles. The van der Waals surface area contributed by atoms with Crippen molar-refractivity contribution in [2.45, 2.75) is 19.4 Å². The van der Waals surface area contributed by atoms with Crippen LogP contribution < -0.4 is 9.47 Å². The number of fused-ring (bicyclic) bond motifs is 1. The Morgan fingerprint density at radius 1 is 1.29 bits per heavy atom. The molecule has 0 amide bonds. The molecule has 1 aromatic carbocycles. The third-order valence-electron chi connectivity index (χ3n) is 2.98. The van der Waals surface area contributed by atoms with E-state index in [9.17, 15) is 4.79 Å². The summed E-state index contributed by atoms with van der Waals surface area (Å²) in [6.07, 6.45) is 2.07. The first-order valence-corrected chi connectivity index (χ1v) is 5.82. The lowest BCUT2D eigenvalue weighted by atomic mass is 10.2. The van der Waals surface area contributed by atoms with Crippen LogP contribution in [0.2, 0.25) is 0 Å². The Bertz CT molecular complexity index is 437. The van der Waals surface area contributed by atoms with Gasteiger partial charge in [-0.05, 0) is 30.5 Å². The standard InChI is InChI=1S/C13H14O4/c14-11(10-2-3-10)7-15-6-9-1-4-12-13(5-9)17-8-16-12/h1,4-5,10H,2-3,6-8H2. The zero-order valence-electron chi connectivity index (χ0n) is 9.48. The molecule has 1 aliphatic heterocycles. The van der Waals surface area contributed by atoms with Crippen molar-refractivity contribution < 1.29 is 19.0 Å². The number of benzene rings is 1. The quantitative estimate of drug-likeness (QED) is 0.780. The Kier molecular flexibility index (Phi) is 2.73. The molecule has 0 atom stereocenters. The molecule has 0 unspecified atom stereocenters. The Hall–Kier alpha value is -1.55. The highest BCUT2D eigenvalue weighted by molar-refractivity contribution is 5.84. The van der Waals surface area contributed by atoms with Gasteiger partial charge < -0.3 is 14.2 Å². The molecule has 1 fully saturated rings. The summed E-state index contributed by atoms with van der Waals surface area (Å²) in [6.45, 7) is 0.939. The fraction of sp³-hybridized carbons (Fsp3) is 0.462. The van der Waals surface area contributed by atoms with E-state index in [1.807, 2.05) is 18.2 Å². The number of ether oxygens (including phenoxy) is 3. The zero-order valence-corrected chi connectivity index (χ0v) is 9.48. The van der Waals surface area contributed by atoms with Gasteiger partial charge in [-0.1, -0.05) is 6.07 Å². The summed E-state index contributed by atoms with van der Waals surface area (Å²) in [4.78, 5) is 11.4. The van der Waals surface area contributed by atoms with Crippen LogP contribution in [0, 0.1) is 5.92 Å². The molecule has 0 spiro atoms. The van der Waals surface area contributed by atoms with Crippen LogP contribution in [0.15, 0.2) is 18.2 Å². The summed E-state index contributed by atoms with van der Waals surface area (Å²) in [5.41, 5.74) is 0.998. The van der Waals surface area contributed by atoms with Crippen molar-refractivity contribution in [3.8, 4) is 11.5 Å². The number of rotatable bonds is 5. The van der Waals surface area contributed by atoms with Crippen molar-refractivity contribution in [1.82, 2.24) is 0 Å². The van der Waals surface area contributed by atoms with E-state index in [1.54, 1.807) is 0 Å². The summed E-state index contributed by atoms with van der Waals surface area (Å²) in [5, 5.41) is 0. The van der Waals surface area contributed by atoms with Gasteiger partial charge in [0, 0.05) is 5.92 Å². The molecule has 1 aliphatic carbocycles. The third-order valence-corrected chi connectivity index (χ3v) is 2.98. The monoisotopic (exact) mass is 234 g/mol. The van der Waals surface area contributed by atoms with Crippen molar-refractivity contribution in [2.24, 2.45) is 5.92 Å². The summed E-state index contributed by atoms with van der Waals surface area (Å²) in [5.74, 6) is 2.01. The normalized spacial score (nSPS) is 17.2. The minimum Gasteiger partial charge on any atom is -0.454 e. The molecule has 2 aliphatic rings. The Morgan fingerprint density at radius 3 is 2.94 bits per heavy atom. The molecule has 1 saturated carbocycles. The largest absolute Gasteiger partial charge is 0.454 e. The van der Waals surface area contributed by atoms with E-state index >= 15 is 0 Å². The van der Waals surface area contributed by atoms with Crippen LogP contribution in [-0.4, -0.2) is 19.2 Å². The second-order valence-corrected chi connectivity index (χ2v) is 4.42. The average molecular weight is 234 g/mol. The fourth-order valence-corrected chi connectivity index (χ4v) is 1.82. The maximum absolute atomic E-state index is 11.4. The molecule has 90 valence electrons. The second kappa shape index (κ2) is 4.37. The topological polar surface area (TPSA) is 44.8 Å². The smallest absolute Gasteiger partial charge is 0.231 e. The van der Waals surface area contributed by atoms with Crippen LogP contribution >= 0.6 is 0 Å². The minimum absolute atomic E-state index is 0.221. The SMILES string of the molecule is O=C(COCc1ccc2c(c1)OCO2)C1CC1. The first kappa shape index (κ1) is 10.6. The van der Waals surface area contributed by atoms with Gasteiger partial charge in [0.15, 0.2) is 17.3 Å². The van der Waals surface area contributed by atoms with E-state index in [0.29, 0.717) is 6.61 Å². The van der Waals surface area contributed by atoms with Gasteiger partial charge in [-0.2, -0.15) is 0 Å². The highest BCUT2D eigenvalue weighted by atomic mass is 16.7. The highest BCUT2D eigenvalue weighted by Gasteiger charge is 2.29. The number of Topliss-reactive ketones (excluding diaryl/α,β-unsaturated/α-hetero) is 1. The highest BCUT2D eigenvalue weighted by Crippen LogP contribution is 2.33. The summed E-state index contributed by atoms with van der Waals surface area (Å²) in [6, 6.07) is 5.68. The molecule has 0 bridgehead atoms.